The Bertz CT molecular complexity index is 927. The van der Waals surface area contributed by atoms with Crippen LogP contribution in [0.3, 0.4) is 0 Å². The molecule has 2 aliphatic heterocycles. The molecule has 0 saturated carbocycles. The minimum Gasteiger partial charge on any atom is -0.360 e. The predicted molar refractivity (Wildman–Crippen MR) is 101 cm³/mol. The second-order valence-corrected chi connectivity index (χ2v) is 8.98. The van der Waals surface area contributed by atoms with Crippen LogP contribution in [0.25, 0.3) is 16.5 Å². The highest BCUT2D eigenvalue weighted by molar-refractivity contribution is 7.86. The van der Waals surface area contributed by atoms with Crippen molar-refractivity contribution in [1.29, 1.82) is 0 Å². The molecule has 140 valence electrons. The number of benzene rings is 1. The standard InChI is InChI=1S/C19H24FN3O2S/c20-16-5-6-17-18(14-21-19(17)13-16)15-7-11-23(12-8-15)26(24,25)22-9-3-1-2-4-10-22/h5-7,13-14,21H,1-4,8-12H2. The van der Waals surface area contributed by atoms with Crippen molar-refractivity contribution in [1.82, 2.24) is 13.6 Å². The van der Waals surface area contributed by atoms with E-state index in [0.717, 1.165) is 47.7 Å². The maximum atomic E-state index is 13.4. The van der Waals surface area contributed by atoms with Gasteiger partial charge in [-0.3, -0.25) is 0 Å². The third-order valence-corrected chi connectivity index (χ3v) is 7.38. The molecule has 0 atom stereocenters. The van der Waals surface area contributed by atoms with E-state index in [1.807, 2.05) is 12.3 Å². The summed E-state index contributed by atoms with van der Waals surface area (Å²) in [7, 11) is -3.38. The molecule has 2 aliphatic rings. The van der Waals surface area contributed by atoms with Gasteiger partial charge in [-0.25, -0.2) is 4.39 Å². The van der Waals surface area contributed by atoms with Gasteiger partial charge in [-0.1, -0.05) is 18.9 Å². The Labute approximate surface area is 153 Å². The Morgan fingerprint density at radius 3 is 2.46 bits per heavy atom. The van der Waals surface area contributed by atoms with Gasteiger partial charge in [0.15, 0.2) is 0 Å². The summed E-state index contributed by atoms with van der Waals surface area (Å²) in [4.78, 5) is 3.11. The molecule has 1 fully saturated rings. The van der Waals surface area contributed by atoms with Gasteiger partial charge in [0.2, 0.25) is 0 Å². The van der Waals surface area contributed by atoms with Gasteiger partial charge in [0, 0.05) is 48.8 Å². The first-order valence-corrected chi connectivity index (χ1v) is 10.7. The average molecular weight is 377 g/mol. The fourth-order valence-corrected chi connectivity index (χ4v) is 5.54. The number of halogens is 1. The van der Waals surface area contributed by atoms with Crippen LogP contribution in [0.4, 0.5) is 4.39 Å². The highest BCUT2D eigenvalue weighted by Crippen LogP contribution is 2.30. The fraction of sp³-hybridized carbons (Fsp3) is 0.474. The zero-order valence-electron chi connectivity index (χ0n) is 14.7. The number of nitrogens with zero attached hydrogens (tertiary/aromatic N) is 2. The van der Waals surface area contributed by atoms with Gasteiger partial charge >= 0.3 is 0 Å². The van der Waals surface area contributed by atoms with Crippen molar-refractivity contribution in [2.24, 2.45) is 0 Å². The van der Waals surface area contributed by atoms with Crippen molar-refractivity contribution in [2.75, 3.05) is 26.2 Å². The quantitative estimate of drug-likeness (QED) is 0.890. The van der Waals surface area contributed by atoms with Gasteiger partial charge in [0.25, 0.3) is 10.2 Å². The Morgan fingerprint density at radius 2 is 1.77 bits per heavy atom. The van der Waals surface area contributed by atoms with Crippen molar-refractivity contribution in [3.8, 4) is 0 Å². The summed E-state index contributed by atoms with van der Waals surface area (Å²) >= 11 is 0. The molecule has 3 heterocycles. The van der Waals surface area contributed by atoms with Gasteiger partial charge in [-0.05, 0) is 43.0 Å². The van der Waals surface area contributed by atoms with Crippen LogP contribution >= 0.6 is 0 Å². The monoisotopic (exact) mass is 377 g/mol. The third kappa shape index (κ3) is 3.31. The van der Waals surface area contributed by atoms with E-state index in [9.17, 15) is 12.8 Å². The molecule has 5 nitrogen and oxygen atoms in total. The highest BCUT2D eigenvalue weighted by atomic mass is 32.2. The Kier molecular flexibility index (Phi) is 4.86. The number of rotatable bonds is 3. The first-order chi connectivity index (χ1) is 12.6. The lowest BCUT2D eigenvalue weighted by Crippen LogP contribution is -2.45. The van der Waals surface area contributed by atoms with Crippen LogP contribution in [0.15, 0.2) is 30.5 Å². The van der Waals surface area contributed by atoms with Crippen LogP contribution in [0.2, 0.25) is 0 Å². The number of aromatic amines is 1. The van der Waals surface area contributed by atoms with Crippen LogP contribution in [-0.2, 0) is 10.2 Å². The molecule has 1 aromatic carbocycles. The predicted octanol–water partition coefficient (Wildman–Crippen LogP) is 3.52. The van der Waals surface area contributed by atoms with Crippen molar-refractivity contribution >= 4 is 26.7 Å². The molecular formula is C19H24FN3O2S. The molecule has 2 aromatic rings. The summed E-state index contributed by atoms with van der Waals surface area (Å²) in [5.74, 6) is -0.266. The van der Waals surface area contributed by atoms with Gasteiger partial charge in [0.05, 0.1) is 0 Å². The first-order valence-electron chi connectivity index (χ1n) is 9.27. The molecule has 0 unspecified atom stereocenters. The van der Waals surface area contributed by atoms with Crippen LogP contribution < -0.4 is 0 Å². The van der Waals surface area contributed by atoms with E-state index >= 15 is 0 Å². The second-order valence-electron chi connectivity index (χ2n) is 7.05. The summed E-state index contributed by atoms with van der Waals surface area (Å²) in [6.45, 7) is 2.13. The number of hydrogen-bond donors (Lipinski definition) is 1. The molecule has 4 rings (SSSR count). The maximum Gasteiger partial charge on any atom is 0.282 e. The first kappa shape index (κ1) is 17.7. The Morgan fingerprint density at radius 1 is 1.00 bits per heavy atom. The lowest BCUT2D eigenvalue weighted by molar-refractivity contribution is 0.353. The summed E-state index contributed by atoms with van der Waals surface area (Å²) in [6.07, 6.45) is 8.64. The molecule has 7 heteroatoms. The van der Waals surface area contributed by atoms with E-state index in [1.54, 1.807) is 14.7 Å². The van der Waals surface area contributed by atoms with E-state index in [-0.39, 0.29) is 5.82 Å². The SMILES string of the molecule is O=S(=O)(N1CC=C(c2c[nH]c3cc(F)ccc23)CC1)N1CCCCCC1. The average Bonchev–Trinajstić information content (AvgIpc) is 2.86. The minimum absolute atomic E-state index is 0.266. The van der Waals surface area contributed by atoms with Crippen molar-refractivity contribution in [2.45, 2.75) is 32.1 Å². The van der Waals surface area contributed by atoms with E-state index in [2.05, 4.69) is 4.98 Å². The number of fused-ring (bicyclic) bond motifs is 1. The van der Waals surface area contributed by atoms with Crippen LogP contribution in [-0.4, -0.2) is 48.2 Å². The Hall–Kier alpha value is -1.70. The third-order valence-electron chi connectivity index (χ3n) is 5.38. The summed E-state index contributed by atoms with van der Waals surface area (Å²) in [5.41, 5.74) is 2.91. The van der Waals surface area contributed by atoms with Crippen LogP contribution in [0.5, 0.6) is 0 Å². The smallest absolute Gasteiger partial charge is 0.282 e. The number of aromatic nitrogens is 1. The van der Waals surface area contributed by atoms with E-state index < -0.39 is 10.2 Å². The molecule has 0 aliphatic carbocycles. The minimum atomic E-state index is -3.38. The zero-order valence-corrected chi connectivity index (χ0v) is 15.6. The van der Waals surface area contributed by atoms with Crippen molar-refractivity contribution < 1.29 is 12.8 Å². The van der Waals surface area contributed by atoms with E-state index in [0.29, 0.717) is 32.6 Å². The summed E-state index contributed by atoms with van der Waals surface area (Å²) in [6, 6.07) is 4.72. The molecule has 0 radical (unpaired) electrons. The molecule has 0 amide bonds. The van der Waals surface area contributed by atoms with Crippen molar-refractivity contribution in [3.63, 3.8) is 0 Å². The summed E-state index contributed by atoms with van der Waals surface area (Å²) < 4.78 is 42.4. The lowest BCUT2D eigenvalue weighted by atomic mass is 10.00. The van der Waals surface area contributed by atoms with Crippen molar-refractivity contribution in [3.05, 3.63) is 41.9 Å². The second kappa shape index (κ2) is 7.13. The van der Waals surface area contributed by atoms with Crippen LogP contribution in [0.1, 0.15) is 37.7 Å². The maximum absolute atomic E-state index is 13.4. The largest absolute Gasteiger partial charge is 0.360 e. The highest BCUT2D eigenvalue weighted by Gasteiger charge is 2.31. The molecule has 26 heavy (non-hydrogen) atoms. The molecule has 0 bridgehead atoms. The number of hydrogen-bond acceptors (Lipinski definition) is 2. The fourth-order valence-electron chi connectivity index (χ4n) is 3.90. The Balaban J connectivity index is 1.54. The number of nitrogens with one attached hydrogen (secondary N) is 1. The molecular weight excluding hydrogens is 353 g/mol. The van der Waals surface area contributed by atoms with E-state index in [1.165, 1.54) is 12.1 Å². The van der Waals surface area contributed by atoms with Gasteiger partial charge in [0.1, 0.15) is 5.82 Å². The van der Waals surface area contributed by atoms with E-state index in [4.69, 9.17) is 0 Å². The van der Waals surface area contributed by atoms with Gasteiger partial charge in [-0.2, -0.15) is 17.0 Å². The molecule has 0 spiro atoms. The topological polar surface area (TPSA) is 56.4 Å². The van der Waals surface area contributed by atoms with Gasteiger partial charge < -0.3 is 4.98 Å². The zero-order chi connectivity index (χ0) is 18.1. The molecule has 1 aromatic heterocycles. The normalized spacial score (nSPS) is 20.9. The number of H-pyrrole nitrogens is 1. The van der Waals surface area contributed by atoms with Gasteiger partial charge in [-0.15, -0.1) is 0 Å². The summed E-state index contributed by atoms with van der Waals surface area (Å²) in [5, 5.41) is 0.974. The van der Waals surface area contributed by atoms with Crippen LogP contribution in [0, 0.1) is 5.82 Å². The molecule has 1 N–H and O–H groups in total. The molecule has 1 saturated heterocycles. The lowest BCUT2D eigenvalue weighted by Gasteiger charge is -2.31.